The van der Waals surface area contributed by atoms with E-state index in [1.165, 1.54) is 7.05 Å². The molecule has 0 aliphatic rings. The van der Waals surface area contributed by atoms with Gasteiger partial charge in [-0.15, -0.1) is 0 Å². The van der Waals surface area contributed by atoms with Gasteiger partial charge >= 0.3 is 5.97 Å². The third kappa shape index (κ3) is 6.53. The van der Waals surface area contributed by atoms with Crippen LogP contribution in [-0.4, -0.2) is 75.2 Å². The molecular formula is C11H24N4O3. The molecule has 0 fully saturated rings. The highest BCUT2D eigenvalue weighted by molar-refractivity contribution is 5.84. The van der Waals surface area contributed by atoms with E-state index in [9.17, 15) is 9.59 Å². The summed E-state index contributed by atoms with van der Waals surface area (Å²) in [7, 11) is 5.17. The van der Waals surface area contributed by atoms with Gasteiger partial charge in [-0.3, -0.25) is 9.59 Å². The van der Waals surface area contributed by atoms with Crippen LogP contribution < -0.4 is 16.0 Å². The minimum atomic E-state index is -1.01. The molecule has 1 amide bonds. The lowest BCUT2D eigenvalue weighted by Crippen LogP contribution is -2.44. The highest BCUT2D eigenvalue weighted by Gasteiger charge is 2.22. The molecule has 4 N–H and O–H groups in total. The van der Waals surface area contributed by atoms with E-state index in [0.29, 0.717) is 26.2 Å². The van der Waals surface area contributed by atoms with Gasteiger partial charge in [-0.05, 0) is 21.1 Å². The number of likely N-dealkylation sites (N-methyl/N-ethyl adjacent to an activating group) is 3. The molecule has 0 aliphatic heterocycles. The van der Waals surface area contributed by atoms with E-state index in [4.69, 9.17) is 5.11 Å². The lowest BCUT2D eigenvalue weighted by Gasteiger charge is -2.24. The van der Waals surface area contributed by atoms with Gasteiger partial charge in [0.05, 0.1) is 6.42 Å². The number of hydrogen-bond donors (Lipinski definition) is 4. The molecule has 7 heteroatoms. The SMILES string of the molecule is CNCCN(CCNC)C(=O)CC(NC)C(=O)O. The molecule has 0 saturated heterocycles. The highest BCUT2D eigenvalue weighted by Crippen LogP contribution is 1.99. The minimum absolute atomic E-state index is 0.0285. The van der Waals surface area contributed by atoms with Crippen LogP contribution in [0.4, 0.5) is 0 Å². The minimum Gasteiger partial charge on any atom is -0.480 e. The van der Waals surface area contributed by atoms with Crippen molar-refractivity contribution in [2.24, 2.45) is 0 Å². The van der Waals surface area contributed by atoms with E-state index in [-0.39, 0.29) is 12.3 Å². The van der Waals surface area contributed by atoms with E-state index in [2.05, 4.69) is 16.0 Å². The average molecular weight is 260 g/mol. The molecule has 0 aromatic heterocycles. The second-order valence-corrected chi connectivity index (χ2v) is 3.97. The van der Waals surface area contributed by atoms with E-state index in [1.54, 1.807) is 4.90 Å². The molecule has 0 radical (unpaired) electrons. The number of hydrogen-bond acceptors (Lipinski definition) is 5. The lowest BCUT2D eigenvalue weighted by atomic mass is 10.2. The number of carbonyl (C=O) groups excluding carboxylic acids is 1. The van der Waals surface area contributed by atoms with Crippen molar-refractivity contribution in [3.05, 3.63) is 0 Å². The summed E-state index contributed by atoms with van der Waals surface area (Å²) in [5, 5.41) is 17.5. The van der Waals surface area contributed by atoms with Crippen LogP contribution in [0.1, 0.15) is 6.42 Å². The predicted molar refractivity (Wildman–Crippen MR) is 69.5 cm³/mol. The number of rotatable bonds is 10. The first kappa shape index (κ1) is 16.8. The number of aliphatic carboxylic acids is 1. The zero-order valence-electron chi connectivity index (χ0n) is 11.3. The molecule has 0 aliphatic carbocycles. The number of amides is 1. The zero-order valence-corrected chi connectivity index (χ0v) is 11.3. The Morgan fingerprint density at radius 3 is 1.94 bits per heavy atom. The summed E-state index contributed by atoms with van der Waals surface area (Å²) in [4.78, 5) is 24.5. The van der Waals surface area contributed by atoms with Crippen molar-refractivity contribution in [1.82, 2.24) is 20.9 Å². The predicted octanol–water partition coefficient (Wildman–Crippen LogP) is -1.68. The van der Waals surface area contributed by atoms with E-state index < -0.39 is 12.0 Å². The van der Waals surface area contributed by atoms with Crippen molar-refractivity contribution in [3.8, 4) is 0 Å². The first-order valence-electron chi connectivity index (χ1n) is 6.03. The standard InChI is InChI=1S/C11H24N4O3/c1-12-4-6-15(7-5-13-2)10(16)8-9(14-3)11(17)18/h9,12-14H,4-8H2,1-3H3,(H,17,18). The van der Waals surface area contributed by atoms with Crippen molar-refractivity contribution < 1.29 is 14.7 Å². The molecule has 0 spiro atoms. The number of nitrogens with one attached hydrogen (secondary N) is 3. The molecule has 0 saturated carbocycles. The number of carboxylic acid groups (broad SMARTS) is 1. The largest absolute Gasteiger partial charge is 0.480 e. The first-order chi connectivity index (χ1) is 8.56. The van der Waals surface area contributed by atoms with Crippen LogP contribution in [0.3, 0.4) is 0 Å². The Balaban J connectivity index is 4.37. The van der Waals surface area contributed by atoms with Crippen molar-refractivity contribution in [2.75, 3.05) is 47.3 Å². The van der Waals surface area contributed by atoms with Crippen LogP contribution in [0.25, 0.3) is 0 Å². The molecule has 18 heavy (non-hydrogen) atoms. The number of nitrogens with zero attached hydrogens (tertiary/aromatic N) is 1. The van der Waals surface area contributed by atoms with Crippen LogP contribution in [0.2, 0.25) is 0 Å². The fraction of sp³-hybridized carbons (Fsp3) is 0.818. The molecule has 106 valence electrons. The molecule has 0 heterocycles. The molecule has 1 unspecified atom stereocenters. The third-order valence-electron chi connectivity index (χ3n) is 2.64. The average Bonchev–Trinajstić information content (AvgIpc) is 2.35. The van der Waals surface area contributed by atoms with Crippen LogP contribution in [0, 0.1) is 0 Å². The first-order valence-corrected chi connectivity index (χ1v) is 6.03. The summed E-state index contributed by atoms with van der Waals surface area (Å²) in [5.41, 5.74) is 0. The number of carboxylic acids is 1. The summed E-state index contributed by atoms with van der Waals surface area (Å²) < 4.78 is 0. The van der Waals surface area contributed by atoms with Gasteiger partial charge in [-0.1, -0.05) is 0 Å². The molecule has 7 nitrogen and oxygen atoms in total. The van der Waals surface area contributed by atoms with Crippen LogP contribution in [0.5, 0.6) is 0 Å². The monoisotopic (exact) mass is 260 g/mol. The van der Waals surface area contributed by atoms with E-state index >= 15 is 0 Å². The summed E-state index contributed by atoms with van der Waals surface area (Å²) >= 11 is 0. The Bertz CT molecular complexity index is 253. The zero-order chi connectivity index (χ0) is 14.0. The van der Waals surface area contributed by atoms with Gasteiger partial charge in [-0.25, -0.2) is 0 Å². The van der Waals surface area contributed by atoms with Crippen LogP contribution in [0.15, 0.2) is 0 Å². The van der Waals surface area contributed by atoms with Crippen molar-refractivity contribution in [3.63, 3.8) is 0 Å². The molecule has 0 rings (SSSR count). The summed E-state index contributed by atoms with van der Waals surface area (Å²) in [6.07, 6.45) is -0.0285. The quantitative estimate of drug-likeness (QED) is 0.375. The normalized spacial score (nSPS) is 12.2. The molecular weight excluding hydrogens is 236 g/mol. The maximum absolute atomic E-state index is 12.0. The van der Waals surface area contributed by atoms with Crippen molar-refractivity contribution in [1.29, 1.82) is 0 Å². The summed E-state index contributed by atoms with van der Waals surface area (Å²) in [5.74, 6) is -1.16. The summed E-state index contributed by atoms with van der Waals surface area (Å²) in [6, 6.07) is -0.829. The third-order valence-corrected chi connectivity index (χ3v) is 2.64. The maximum Gasteiger partial charge on any atom is 0.321 e. The van der Waals surface area contributed by atoms with Gasteiger partial charge in [-0.2, -0.15) is 0 Å². The second-order valence-electron chi connectivity index (χ2n) is 3.97. The Morgan fingerprint density at radius 2 is 1.61 bits per heavy atom. The number of carbonyl (C=O) groups is 2. The molecule has 0 bridgehead atoms. The van der Waals surface area contributed by atoms with Gasteiger partial charge in [0.15, 0.2) is 0 Å². The lowest BCUT2D eigenvalue weighted by molar-refractivity contribution is -0.143. The molecule has 0 aromatic carbocycles. The fourth-order valence-corrected chi connectivity index (χ4v) is 1.47. The summed E-state index contributed by atoms with van der Waals surface area (Å²) in [6.45, 7) is 2.53. The van der Waals surface area contributed by atoms with Gasteiger partial charge in [0, 0.05) is 26.2 Å². The molecule has 1 atom stereocenters. The van der Waals surface area contributed by atoms with Gasteiger partial charge < -0.3 is 26.0 Å². The fourth-order valence-electron chi connectivity index (χ4n) is 1.47. The van der Waals surface area contributed by atoms with Crippen molar-refractivity contribution in [2.45, 2.75) is 12.5 Å². The molecule has 0 aromatic rings. The Hall–Kier alpha value is -1.18. The maximum atomic E-state index is 12.0. The Kier molecular flexibility index (Phi) is 9.17. The van der Waals surface area contributed by atoms with Crippen LogP contribution in [-0.2, 0) is 9.59 Å². The van der Waals surface area contributed by atoms with E-state index in [0.717, 1.165) is 0 Å². The van der Waals surface area contributed by atoms with Crippen molar-refractivity contribution >= 4 is 11.9 Å². The Morgan fingerprint density at radius 1 is 1.11 bits per heavy atom. The van der Waals surface area contributed by atoms with Gasteiger partial charge in [0.2, 0.25) is 5.91 Å². The van der Waals surface area contributed by atoms with Crippen LogP contribution >= 0.6 is 0 Å². The second kappa shape index (κ2) is 9.81. The topological polar surface area (TPSA) is 93.7 Å². The van der Waals surface area contributed by atoms with Gasteiger partial charge in [0.25, 0.3) is 0 Å². The highest BCUT2D eigenvalue weighted by atomic mass is 16.4. The smallest absolute Gasteiger partial charge is 0.321 e. The van der Waals surface area contributed by atoms with Gasteiger partial charge in [0.1, 0.15) is 6.04 Å². The Labute approximate surface area is 108 Å². The van der Waals surface area contributed by atoms with E-state index in [1.807, 2.05) is 14.1 Å².